The van der Waals surface area contributed by atoms with Crippen molar-refractivity contribution in [3.05, 3.63) is 18.0 Å². The first kappa shape index (κ1) is 15.2. The van der Waals surface area contributed by atoms with Gasteiger partial charge in [-0.05, 0) is 39.3 Å². The van der Waals surface area contributed by atoms with Gasteiger partial charge in [-0.1, -0.05) is 6.92 Å². The van der Waals surface area contributed by atoms with Gasteiger partial charge in [0.15, 0.2) is 0 Å². The standard InChI is InChI=1S/C14H27N3O/c1-5-8-15-13(7-10-18-4)11-14-6-9-17(16-14)12(2)3/h6,9,12-13,15H,5,7-8,10-11H2,1-4H3. The van der Waals surface area contributed by atoms with Crippen LogP contribution in [0.3, 0.4) is 0 Å². The first-order valence-corrected chi connectivity index (χ1v) is 6.93. The summed E-state index contributed by atoms with van der Waals surface area (Å²) in [4.78, 5) is 0. The molecule has 0 spiro atoms. The van der Waals surface area contributed by atoms with Crippen LogP contribution in [-0.4, -0.2) is 36.1 Å². The van der Waals surface area contributed by atoms with Crippen molar-refractivity contribution < 1.29 is 4.74 Å². The molecule has 1 N–H and O–H groups in total. The Morgan fingerprint density at radius 1 is 1.44 bits per heavy atom. The topological polar surface area (TPSA) is 39.1 Å². The summed E-state index contributed by atoms with van der Waals surface area (Å²) in [6.45, 7) is 8.34. The van der Waals surface area contributed by atoms with Crippen LogP contribution in [0.4, 0.5) is 0 Å². The van der Waals surface area contributed by atoms with Crippen LogP contribution in [0.25, 0.3) is 0 Å². The van der Waals surface area contributed by atoms with E-state index in [0.29, 0.717) is 12.1 Å². The molecule has 4 nitrogen and oxygen atoms in total. The summed E-state index contributed by atoms with van der Waals surface area (Å²) in [6.07, 6.45) is 5.23. The molecule has 1 unspecified atom stereocenters. The van der Waals surface area contributed by atoms with E-state index < -0.39 is 0 Å². The van der Waals surface area contributed by atoms with E-state index in [0.717, 1.165) is 38.1 Å². The molecular weight excluding hydrogens is 226 g/mol. The second-order valence-corrected chi connectivity index (χ2v) is 5.02. The van der Waals surface area contributed by atoms with Crippen molar-refractivity contribution >= 4 is 0 Å². The lowest BCUT2D eigenvalue weighted by atomic mass is 10.1. The fraction of sp³-hybridized carbons (Fsp3) is 0.786. The molecule has 0 fully saturated rings. The third-order valence-electron chi connectivity index (χ3n) is 3.00. The van der Waals surface area contributed by atoms with Crippen LogP contribution >= 0.6 is 0 Å². The van der Waals surface area contributed by atoms with E-state index in [4.69, 9.17) is 4.74 Å². The predicted octanol–water partition coefficient (Wildman–Crippen LogP) is 2.41. The Morgan fingerprint density at radius 2 is 2.22 bits per heavy atom. The molecule has 104 valence electrons. The Balaban J connectivity index is 2.51. The van der Waals surface area contributed by atoms with Crippen molar-refractivity contribution in [1.82, 2.24) is 15.1 Å². The van der Waals surface area contributed by atoms with Crippen LogP contribution in [0.5, 0.6) is 0 Å². The fourth-order valence-corrected chi connectivity index (χ4v) is 1.91. The van der Waals surface area contributed by atoms with Crippen molar-refractivity contribution in [3.63, 3.8) is 0 Å². The molecule has 0 aliphatic rings. The molecule has 1 aromatic heterocycles. The SMILES string of the molecule is CCCNC(CCOC)Cc1ccn(C(C)C)n1. The molecule has 1 aromatic rings. The van der Waals surface area contributed by atoms with Gasteiger partial charge in [0.2, 0.25) is 0 Å². The molecule has 0 amide bonds. The molecule has 0 bridgehead atoms. The van der Waals surface area contributed by atoms with Crippen molar-refractivity contribution in [3.8, 4) is 0 Å². The van der Waals surface area contributed by atoms with Crippen LogP contribution in [-0.2, 0) is 11.2 Å². The Kier molecular flexibility index (Phi) is 6.98. The molecule has 4 heteroatoms. The predicted molar refractivity (Wildman–Crippen MR) is 74.9 cm³/mol. The van der Waals surface area contributed by atoms with Crippen LogP contribution in [0.2, 0.25) is 0 Å². The van der Waals surface area contributed by atoms with Gasteiger partial charge in [0.05, 0.1) is 5.69 Å². The van der Waals surface area contributed by atoms with Gasteiger partial charge in [0.25, 0.3) is 0 Å². The Hall–Kier alpha value is -0.870. The summed E-state index contributed by atoms with van der Waals surface area (Å²) in [5.41, 5.74) is 1.16. The summed E-state index contributed by atoms with van der Waals surface area (Å²) in [5.74, 6) is 0. The van der Waals surface area contributed by atoms with Crippen LogP contribution in [0.1, 0.15) is 45.3 Å². The largest absolute Gasteiger partial charge is 0.385 e. The van der Waals surface area contributed by atoms with E-state index in [1.54, 1.807) is 7.11 Å². The maximum Gasteiger partial charge on any atom is 0.0640 e. The second-order valence-electron chi connectivity index (χ2n) is 5.02. The minimum absolute atomic E-state index is 0.430. The molecule has 1 rings (SSSR count). The van der Waals surface area contributed by atoms with Gasteiger partial charge in [0.1, 0.15) is 0 Å². The molecule has 0 aliphatic heterocycles. The monoisotopic (exact) mass is 253 g/mol. The fourth-order valence-electron chi connectivity index (χ4n) is 1.91. The van der Waals surface area contributed by atoms with Gasteiger partial charge in [-0.15, -0.1) is 0 Å². The Bertz CT molecular complexity index is 315. The van der Waals surface area contributed by atoms with Gasteiger partial charge in [-0.3, -0.25) is 4.68 Å². The highest BCUT2D eigenvalue weighted by atomic mass is 16.5. The molecule has 18 heavy (non-hydrogen) atoms. The van der Waals surface area contributed by atoms with Crippen molar-refractivity contribution in [2.45, 2.75) is 52.1 Å². The quantitative estimate of drug-likeness (QED) is 0.734. The summed E-state index contributed by atoms with van der Waals surface area (Å²) >= 11 is 0. The second kappa shape index (κ2) is 8.27. The number of nitrogens with zero attached hydrogens (tertiary/aromatic N) is 2. The minimum atomic E-state index is 0.430. The van der Waals surface area contributed by atoms with Crippen LogP contribution < -0.4 is 5.32 Å². The zero-order valence-electron chi connectivity index (χ0n) is 12.1. The van der Waals surface area contributed by atoms with E-state index in [-0.39, 0.29) is 0 Å². The average Bonchev–Trinajstić information content (AvgIpc) is 2.81. The third kappa shape index (κ3) is 5.19. The highest BCUT2D eigenvalue weighted by Crippen LogP contribution is 2.08. The molecule has 0 aromatic carbocycles. The number of hydrogen-bond acceptors (Lipinski definition) is 3. The first-order valence-electron chi connectivity index (χ1n) is 6.93. The van der Waals surface area contributed by atoms with E-state index in [1.807, 2.05) is 4.68 Å². The van der Waals surface area contributed by atoms with E-state index in [2.05, 4.69) is 43.4 Å². The van der Waals surface area contributed by atoms with Gasteiger partial charge in [-0.25, -0.2) is 0 Å². The molecule has 1 heterocycles. The Labute approximate surface area is 111 Å². The number of nitrogens with one attached hydrogen (secondary N) is 1. The van der Waals surface area contributed by atoms with Crippen molar-refractivity contribution in [1.29, 1.82) is 0 Å². The normalized spacial score (nSPS) is 13.2. The van der Waals surface area contributed by atoms with Crippen LogP contribution in [0, 0.1) is 0 Å². The summed E-state index contributed by atoms with van der Waals surface area (Å²) in [5, 5.41) is 8.16. The van der Waals surface area contributed by atoms with Crippen molar-refractivity contribution in [2.75, 3.05) is 20.3 Å². The van der Waals surface area contributed by atoms with Gasteiger partial charge in [0, 0.05) is 38.4 Å². The van der Waals surface area contributed by atoms with E-state index >= 15 is 0 Å². The molecular formula is C14H27N3O. The van der Waals surface area contributed by atoms with Crippen LogP contribution in [0.15, 0.2) is 12.3 Å². The lowest BCUT2D eigenvalue weighted by Crippen LogP contribution is -2.33. The van der Waals surface area contributed by atoms with E-state index in [1.165, 1.54) is 0 Å². The third-order valence-corrected chi connectivity index (χ3v) is 3.00. The number of methoxy groups -OCH3 is 1. The van der Waals surface area contributed by atoms with Gasteiger partial charge < -0.3 is 10.1 Å². The van der Waals surface area contributed by atoms with Crippen molar-refractivity contribution in [2.24, 2.45) is 0 Å². The highest BCUT2D eigenvalue weighted by Gasteiger charge is 2.11. The Morgan fingerprint density at radius 3 is 2.78 bits per heavy atom. The number of ether oxygens (including phenoxy) is 1. The number of hydrogen-bond donors (Lipinski definition) is 1. The zero-order chi connectivity index (χ0) is 13.4. The first-order chi connectivity index (χ1) is 8.67. The maximum atomic E-state index is 5.17. The summed E-state index contributed by atoms with van der Waals surface area (Å²) in [6, 6.07) is 3.01. The smallest absolute Gasteiger partial charge is 0.0640 e. The number of rotatable bonds is 9. The molecule has 0 aliphatic carbocycles. The number of aromatic nitrogens is 2. The zero-order valence-corrected chi connectivity index (χ0v) is 12.1. The maximum absolute atomic E-state index is 5.17. The molecule has 0 saturated carbocycles. The van der Waals surface area contributed by atoms with Gasteiger partial charge >= 0.3 is 0 Å². The molecule has 0 radical (unpaired) electrons. The lowest BCUT2D eigenvalue weighted by molar-refractivity contribution is 0.182. The summed E-state index contributed by atoms with van der Waals surface area (Å²) in [7, 11) is 1.75. The summed E-state index contributed by atoms with van der Waals surface area (Å²) < 4.78 is 7.18. The van der Waals surface area contributed by atoms with Gasteiger partial charge in [-0.2, -0.15) is 5.10 Å². The average molecular weight is 253 g/mol. The molecule has 1 atom stereocenters. The lowest BCUT2D eigenvalue weighted by Gasteiger charge is -2.17. The minimum Gasteiger partial charge on any atom is -0.385 e. The molecule has 0 saturated heterocycles. The highest BCUT2D eigenvalue weighted by molar-refractivity contribution is 5.02. The van der Waals surface area contributed by atoms with E-state index in [9.17, 15) is 0 Å².